The number of hydrogen-bond donors (Lipinski definition) is 2. The Morgan fingerprint density at radius 2 is 1.97 bits per heavy atom. The maximum atomic E-state index is 13.6. The second-order valence-corrected chi connectivity index (χ2v) is 7.55. The molecule has 6 nitrogen and oxygen atoms in total. The molecule has 0 radical (unpaired) electrons. The highest BCUT2D eigenvalue weighted by Crippen LogP contribution is 2.24. The molecule has 1 heterocycles. The van der Waals surface area contributed by atoms with Gasteiger partial charge < -0.3 is 15.2 Å². The highest BCUT2D eigenvalue weighted by molar-refractivity contribution is 5.78. The van der Waals surface area contributed by atoms with Gasteiger partial charge in [-0.15, -0.1) is 0 Å². The van der Waals surface area contributed by atoms with Crippen molar-refractivity contribution in [1.82, 2.24) is 10.2 Å². The predicted octanol–water partition coefficient (Wildman–Crippen LogP) is 3.13. The normalized spacial score (nSPS) is 16.2. The topological polar surface area (TPSA) is 78.9 Å². The average molecular weight is 414 g/mol. The minimum Gasteiger partial charge on any atom is -0.493 e. The van der Waals surface area contributed by atoms with E-state index in [1.54, 1.807) is 18.2 Å². The van der Waals surface area contributed by atoms with E-state index in [0.717, 1.165) is 30.4 Å². The number of hydrogen-bond acceptors (Lipinski definition) is 4. The zero-order valence-corrected chi connectivity index (χ0v) is 16.9. The second kappa shape index (κ2) is 10.7. The largest absolute Gasteiger partial charge is 0.493 e. The number of nitrogens with zero attached hydrogens (tertiary/aromatic N) is 1. The molecule has 1 aliphatic heterocycles. The van der Waals surface area contributed by atoms with Crippen molar-refractivity contribution < 1.29 is 23.8 Å². The molecule has 2 aromatic carbocycles. The molecule has 1 aliphatic rings. The number of aliphatic carboxylic acids is 1. The summed E-state index contributed by atoms with van der Waals surface area (Å²) >= 11 is 0. The van der Waals surface area contributed by atoms with Gasteiger partial charge in [0.2, 0.25) is 5.91 Å². The molecule has 7 heteroatoms. The van der Waals surface area contributed by atoms with Crippen molar-refractivity contribution in [2.24, 2.45) is 0 Å². The van der Waals surface area contributed by atoms with Crippen LogP contribution in [0.5, 0.6) is 5.75 Å². The van der Waals surface area contributed by atoms with E-state index >= 15 is 0 Å². The van der Waals surface area contributed by atoms with Gasteiger partial charge in [0.05, 0.1) is 19.6 Å². The van der Waals surface area contributed by atoms with E-state index in [0.29, 0.717) is 37.6 Å². The number of carbonyl (C=O) groups is 2. The fraction of sp³-hybridized carbons (Fsp3) is 0.391. The fourth-order valence-electron chi connectivity index (χ4n) is 3.56. The lowest BCUT2D eigenvalue weighted by Crippen LogP contribution is -2.37. The monoisotopic (exact) mass is 414 g/mol. The van der Waals surface area contributed by atoms with E-state index in [4.69, 9.17) is 9.84 Å². The number of carbonyl (C=O) groups excluding carboxylic acids is 1. The molecular formula is C23H27FN2O4. The lowest BCUT2D eigenvalue weighted by molar-refractivity contribution is -0.136. The summed E-state index contributed by atoms with van der Waals surface area (Å²) < 4.78 is 19.6. The van der Waals surface area contributed by atoms with Gasteiger partial charge in [-0.3, -0.25) is 14.5 Å². The summed E-state index contributed by atoms with van der Waals surface area (Å²) in [6.45, 7) is 2.09. The highest BCUT2D eigenvalue weighted by atomic mass is 19.1. The van der Waals surface area contributed by atoms with E-state index < -0.39 is 5.97 Å². The predicted molar refractivity (Wildman–Crippen MR) is 111 cm³/mol. The third-order valence-electron chi connectivity index (χ3n) is 4.94. The number of ether oxygens (including phenoxy) is 1. The number of carboxylic acids is 1. The quantitative estimate of drug-likeness (QED) is 0.804. The molecule has 30 heavy (non-hydrogen) atoms. The molecule has 0 spiro atoms. The molecule has 2 aromatic rings. The minimum atomic E-state index is -0.906. The Kier molecular flexibility index (Phi) is 7.79. The molecule has 0 saturated carbocycles. The number of amides is 1. The second-order valence-electron chi connectivity index (χ2n) is 7.55. The molecule has 0 fully saturated rings. The number of benzene rings is 2. The van der Waals surface area contributed by atoms with Crippen molar-refractivity contribution in [2.45, 2.75) is 38.8 Å². The molecule has 0 saturated heterocycles. The highest BCUT2D eigenvalue weighted by Gasteiger charge is 2.17. The number of rotatable bonds is 4. The first-order valence-electron chi connectivity index (χ1n) is 10.2. The van der Waals surface area contributed by atoms with Gasteiger partial charge in [-0.05, 0) is 48.6 Å². The first-order valence-corrected chi connectivity index (χ1v) is 10.2. The maximum Gasteiger partial charge on any atom is 0.307 e. The van der Waals surface area contributed by atoms with Crippen LogP contribution in [0.25, 0.3) is 0 Å². The van der Waals surface area contributed by atoms with Gasteiger partial charge in [-0.1, -0.05) is 24.3 Å². The molecule has 0 unspecified atom stereocenters. The van der Waals surface area contributed by atoms with E-state index in [-0.39, 0.29) is 24.7 Å². The van der Waals surface area contributed by atoms with Crippen molar-refractivity contribution in [3.05, 3.63) is 65.0 Å². The van der Waals surface area contributed by atoms with Gasteiger partial charge in [-0.25, -0.2) is 4.39 Å². The Labute approximate surface area is 175 Å². The molecule has 0 aromatic heterocycles. The van der Waals surface area contributed by atoms with Crippen LogP contribution in [0.1, 0.15) is 36.0 Å². The van der Waals surface area contributed by atoms with Gasteiger partial charge >= 0.3 is 5.97 Å². The average Bonchev–Trinajstić information content (AvgIpc) is 2.69. The third-order valence-corrected chi connectivity index (χ3v) is 4.94. The number of nitrogens with one attached hydrogen (secondary N) is 1. The summed E-state index contributed by atoms with van der Waals surface area (Å²) in [5, 5.41) is 12.1. The zero-order chi connectivity index (χ0) is 21.3. The first-order chi connectivity index (χ1) is 14.5. The van der Waals surface area contributed by atoms with Crippen LogP contribution in [-0.4, -0.2) is 41.6 Å². The summed E-state index contributed by atoms with van der Waals surface area (Å²) in [6.07, 6.45) is 2.61. The molecule has 1 amide bonds. The molecule has 0 atom stereocenters. The first kappa shape index (κ1) is 21.8. The summed E-state index contributed by atoms with van der Waals surface area (Å²) in [7, 11) is 0. The summed E-state index contributed by atoms with van der Waals surface area (Å²) in [4.78, 5) is 25.5. The minimum absolute atomic E-state index is 0.0857. The Morgan fingerprint density at radius 1 is 1.10 bits per heavy atom. The molecule has 160 valence electrons. The van der Waals surface area contributed by atoms with Crippen molar-refractivity contribution in [2.75, 3.05) is 19.7 Å². The number of halogens is 1. The van der Waals surface area contributed by atoms with Crippen molar-refractivity contribution >= 4 is 11.9 Å². The Hall–Kier alpha value is -2.93. The van der Waals surface area contributed by atoms with Crippen LogP contribution in [0.4, 0.5) is 4.39 Å². The van der Waals surface area contributed by atoms with Gasteiger partial charge in [0, 0.05) is 25.2 Å². The van der Waals surface area contributed by atoms with Crippen LogP contribution in [0.3, 0.4) is 0 Å². The molecule has 0 bridgehead atoms. The van der Waals surface area contributed by atoms with Crippen LogP contribution in [0.2, 0.25) is 0 Å². The SMILES string of the molecule is O=C(O)Cc1ccc2c(c1)CN(Cc1cccc(F)c1)CC(=O)NCCCCCO2. The van der Waals surface area contributed by atoms with Gasteiger partial charge in [0.1, 0.15) is 11.6 Å². The number of fused-ring (bicyclic) bond motifs is 1. The lowest BCUT2D eigenvalue weighted by atomic mass is 10.1. The third kappa shape index (κ3) is 6.84. The van der Waals surface area contributed by atoms with Crippen LogP contribution in [0, 0.1) is 5.82 Å². The fourth-order valence-corrected chi connectivity index (χ4v) is 3.56. The lowest BCUT2D eigenvalue weighted by Gasteiger charge is -2.23. The van der Waals surface area contributed by atoms with Gasteiger partial charge in [-0.2, -0.15) is 0 Å². The Balaban J connectivity index is 1.88. The van der Waals surface area contributed by atoms with Crippen molar-refractivity contribution in [3.63, 3.8) is 0 Å². The molecule has 3 rings (SSSR count). The Morgan fingerprint density at radius 3 is 2.77 bits per heavy atom. The molecular weight excluding hydrogens is 387 g/mol. The van der Waals surface area contributed by atoms with Gasteiger partial charge in [0.15, 0.2) is 0 Å². The zero-order valence-electron chi connectivity index (χ0n) is 16.9. The van der Waals surface area contributed by atoms with Crippen LogP contribution in [-0.2, 0) is 29.1 Å². The van der Waals surface area contributed by atoms with Crippen molar-refractivity contribution in [1.29, 1.82) is 0 Å². The van der Waals surface area contributed by atoms with Crippen LogP contribution in [0.15, 0.2) is 42.5 Å². The smallest absolute Gasteiger partial charge is 0.307 e. The molecule has 0 aliphatic carbocycles. The Bertz CT molecular complexity index is 887. The summed E-state index contributed by atoms with van der Waals surface area (Å²) in [6, 6.07) is 11.7. The maximum absolute atomic E-state index is 13.6. The van der Waals surface area contributed by atoms with Crippen molar-refractivity contribution in [3.8, 4) is 5.75 Å². The summed E-state index contributed by atoms with van der Waals surface area (Å²) in [5.74, 6) is -0.630. The van der Waals surface area contributed by atoms with E-state index in [1.807, 2.05) is 17.0 Å². The summed E-state index contributed by atoms with van der Waals surface area (Å²) in [5.41, 5.74) is 2.25. The van der Waals surface area contributed by atoms with Crippen LogP contribution >= 0.6 is 0 Å². The van der Waals surface area contributed by atoms with Gasteiger partial charge in [0.25, 0.3) is 0 Å². The molecule has 2 N–H and O–H groups in total. The van der Waals surface area contributed by atoms with E-state index in [1.165, 1.54) is 12.1 Å². The number of carboxylic acid groups (broad SMARTS) is 1. The van der Waals surface area contributed by atoms with Crippen LogP contribution < -0.4 is 10.1 Å². The standard InChI is InChI=1S/C23H27FN2O4/c24-20-6-4-5-18(12-20)14-26-15-19-11-17(13-23(28)29)7-8-21(19)30-10-3-1-2-9-25-22(27)16-26/h4-8,11-12H,1-3,9-10,13-16H2,(H,25,27)(H,28,29). The van der Waals surface area contributed by atoms with E-state index in [2.05, 4.69) is 5.32 Å². The van der Waals surface area contributed by atoms with E-state index in [9.17, 15) is 14.0 Å².